The summed E-state index contributed by atoms with van der Waals surface area (Å²) in [6.07, 6.45) is 5.61. The predicted molar refractivity (Wildman–Crippen MR) is 57.8 cm³/mol. The van der Waals surface area contributed by atoms with Crippen molar-refractivity contribution in [3.63, 3.8) is 0 Å². The molecule has 74 valence electrons. The van der Waals surface area contributed by atoms with E-state index in [0.717, 1.165) is 16.6 Å². The van der Waals surface area contributed by atoms with E-state index in [1.807, 2.05) is 36.3 Å². The molecule has 0 saturated carbocycles. The van der Waals surface area contributed by atoms with Crippen molar-refractivity contribution in [2.75, 3.05) is 0 Å². The Hall–Kier alpha value is -2.10. The fourth-order valence-corrected chi connectivity index (χ4v) is 1.70. The van der Waals surface area contributed by atoms with Crippen LogP contribution in [0.5, 0.6) is 0 Å². The summed E-state index contributed by atoms with van der Waals surface area (Å²) in [5.41, 5.74) is 2.09. The van der Waals surface area contributed by atoms with Crippen molar-refractivity contribution in [1.29, 1.82) is 0 Å². The van der Waals surface area contributed by atoms with Crippen LogP contribution >= 0.6 is 0 Å². The van der Waals surface area contributed by atoms with Crippen LogP contribution in [0.2, 0.25) is 0 Å². The third-order valence-electron chi connectivity index (χ3n) is 2.41. The summed E-state index contributed by atoms with van der Waals surface area (Å²) in [6, 6.07) is 8.12. The standard InChI is InChI=1S/C11H10N4/c1-14-8-10(7-12-14)15-11-5-3-2-4-9(11)6-13-15/h2-8H,1H3. The first-order chi connectivity index (χ1) is 7.34. The van der Waals surface area contributed by atoms with Gasteiger partial charge in [0.1, 0.15) is 5.69 Å². The van der Waals surface area contributed by atoms with Crippen LogP contribution < -0.4 is 0 Å². The fourth-order valence-electron chi connectivity index (χ4n) is 1.70. The van der Waals surface area contributed by atoms with E-state index in [1.165, 1.54) is 0 Å². The Balaban J connectivity index is 2.27. The lowest BCUT2D eigenvalue weighted by atomic mass is 10.2. The van der Waals surface area contributed by atoms with Gasteiger partial charge in [-0.2, -0.15) is 10.2 Å². The minimum absolute atomic E-state index is 0.985. The van der Waals surface area contributed by atoms with Gasteiger partial charge in [-0.25, -0.2) is 4.68 Å². The molecule has 4 nitrogen and oxygen atoms in total. The average Bonchev–Trinajstić information content (AvgIpc) is 2.83. The molecule has 0 radical (unpaired) electrons. The molecule has 4 heteroatoms. The van der Waals surface area contributed by atoms with Gasteiger partial charge in [0.2, 0.25) is 0 Å². The van der Waals surface area contributed by atoms with E-state index in [-0.39, 0.29) is 0 Å². The Labute approximate surface area is 86.7 Å². The van der Waals surface area contributed by atoms with Crippen LogP contribution in [0.3, 0.4) is 0 Å². The normalized spacial score (nSPS) is 11.0. The van der Waals surface area contributed by atoms with Crippen LogP contribution in [-0.4, -0.2) is 19.6 Å². The second-order valence-corrected chi connectivity index (χ2v) is 3.49. The number of benzene rings is 1. The van der Waals surface area contributed by atoms with Crippen molar-refractivity contribution < 1.29 is 0 Å². The lowest BCUT2D eigenvalue weighted by molar-refractivity contribution is 0.766. The highest BCUT2D eigenvalue weighted by molar-refractivity contribution is 5.79. The van der Waals surface area contributed by atoms with Gasteiger partial charge >= 0.3 is 0 Å². The number of rotatable bonds is 1. The molecule has 0 unspecified atom stereocenters. The Morgan fingerprint density at radius 1 is 1.07 bits per heavy atom. The largest absolute Gasteiger partial charge is 0.274 e. The summed E-state index contributed by atoms with van der Waals surface area (Å²) in [7, 11) is 1.90. The molecule has 0 aliphatic heterocycles. The van der Waals surface area contributed by atoms with Gasteiger partial charge in [0.05, 0.1) is 24.1 Å². The molecule has 1 aromatic carbocycles. The Morgan fingerprint density at radius 3 is 2.73 bits per heavy atom. The summed E-state index contributed by atoms with van der Waals surface area (Å²) in [5.74, 6) is 0. The highest BCUT2D eigenvalue weighted by atomic mass is 15.3. The minimum Gasteiger partial charge on any atom is -0.274 e. The number of hydrogen-bond acceptors (Lipinski definition) is 2. The van der Waals surface area contributed by atoms with Gasteiger partial charge in [-0.05, 0) is 6.07 Å². The summed E-state index contributed by atoms with van der Waals surface area (Å²) >= 11 is 0. The number of nitrogens with zero attached hydrogens (tertiary/aromatic N) is 4. The molecular formula is C11H10N4. The van der Waals surface area contributed by atoms with E-state index in [2.05, 4.69) is 22.3 Å². The Kier molecular flexibility index (Phi) is 1.62. The molecule has 3 rings (SSSR count). The maximum absolute atomic E-state index is 4.34. The molecule has 0 aliphatic rings. The monoisotopic (exact) mass is 198 g/mol. The van der Waals surface area contributed by atoms with Gasteiger partial charge in [-0.3, -0.25) is 4.68 Å². The van der Waals surface area contributed by atoms with Crippen LogP contribution in [0.4, 0.5) is 0 Å². The Morgan fingerprint density at radius 2 is 1.93 bits per heavy atom. The molecule has 0 bridgehead atoms. The van der Waals surface area contributed by atoms with Crippen LogP contribution in [0.15, 0.2) is 42.9 Å². The van der Waals surface area contributed by atoms with Crippen LogP contribution in [0.1, 0.15) is 0 Å². The van der Waals surface area contributed by atoms with Crippen LogP contribution in [0.25, 0.3) is 16.6 Å². The van der Waals surface area contributed by atoms with E-state index in [4.69, 9.17) is 0 Å². The fraction of sp³-hybridized carbons (Fsp3) is 0.0909. The predicted octanol–water partition coefficient (Wildman–Crippen LogP) is 1.76. The van der Waals surface area contributed by atoms with Crippen molar-refractivity contribution in [3.8, 4) is 5.69 Å². The third-order valence-corrected chi connectivity index (χ3v) is 2.41. The second kappa shape index (κ2) is 2.95. The number of aryl methyl sites for hydroxylation is 1. The first-order valence-electron chi connectivity index (χ1n) is 4.76. The first kappa shape index (κ1) is 8.23. The van der Waals surface area contributed by atoms with Gasteiger partial charge < -0.3 is 0 Å². The molecule has 0 aliphatic carbocycles. The third kappa shape index (κ3) is 1.22. The maximum Gasteiger partial charge on any atom is 0.103 e. The van der Waals surface area contributed by atoms with Gasteiger partial charge in [0, 0.05) is 12.4 Å². The molecule has 3 aromatic rings. The quantitative estimate of drug-likeness (QED) is 0.597. The second-order valence-electron chi connectivity index (χ2n) is 3.49. The zero-order valence-corrected chi connectivity index (χ0v) is 8.33. The summed E-state index contributed by atoms with van der Waals surface area (Å²) in [5, 5.41) is 9.62. The van der Waals surface area contributed by atoms with E-state index in [9.17, 15) is 0 Å². The zero-order chi connectivity index (χ0) is 10.3. The molecule has 0 atom stereocenters. The Bertz CT molecular complexity index is 606. The zero-order valence-electron chi connectivity index (χ0n) is 8.33. The summed E-state index contributed by atoms with van der Waals surface area (Å²) in [6.45, 7) is 0. The molecule has 15 heavy (non-hydrogen) atoms. The lowest BCUT2D eigenvalue weighted by Crippen LogP contribution is -1.93. The van der Waals surface area contributed by atoms with Crippen LogP contribution in [0, 0.1) is 0 Å². The van der Waals surface area contributed by atoms with Crippen molar-refractivity contribution >= 4 is 10.9 Å². The SMILES string of the molecule is Cn1cc(-n2ncc3ccccc32)cn1. The maximum atomic E-state index is 4.34. The van der Waals surface area contributed by atoms with Gasteiger partial charge in [-0.15, -0.1) is 0 Å². The number of fused-ring (bicyclic) bond motifs is 1. The van der Waals surface area contributed by atoms with E-state index < -0.39 is 0 Å². The first-order valence-corrected chi connectivity index (χ1v) is 4.76. The van der Waals surface area contributed by atoms with Crippen molar-refractivity contribution in [2.45, 2.75) is 0 Å². The van der Waals surface area contributed by atoms with E-state index >= 15 is 0 Å². The summed E-state index contributed by atoms with van der Waals surface area (Å²) in [4.78, 5) is 0. The molecule has 0 fully saturated rings. The molecule has 2 heterocycles. The average molecular weight is 198 g/mol. The highest BCUT2D eigenvalue weighted by Crippen LogP contribution is 2.16. The van der Waals surface area contributed by atoms with E-state index in [0.29, 0.717) is 0 Å². The lowest BCUT2D eigenvalue weighted by Gasteiger charge is -1.97. The number of hydrogen-bond donors (Lipinski definition) is 0. The number of aromatic nitrogens is 4. The molecule has 0 spiro atoms. The van der Waals surface area contributed by atoms with Gasteiger partial charge in [0.25, 0.3) is 0 Å². The molecule has 0 amide bonds. The molecule has 0 saturated heterocycles. The van der Waals surface area contributed by atoms with Gasteiger partial charge in [0.15, 0.2) is 0 Å². The van der Waals surface area contributed by atoms with Crippen molar-refractivity contribution in [2.24, 2.45) is 7.05 Å². The highest BCUT2D eigenvalue weighted by Gasteiger charge is 2.04. The van der Waals surface area contributed by atoms with Crippen molar-refractivity contribution in [1.82, 2.24) is 19.6 Å². The molecule has 0 N–H and O–H groups in total. The summed E-state index contributed by atoms with van der Waals surface area (Å²) < 4.78 is 3.66. The van der Waals surface area contributed by atoms with Gasteiger partial charge in [-0.1, -0.05) is 18.2 Å². The van der Waals surface area contributed by atoms with Crippen molar-refractivity contribution in [3.05, 3.63) is 42.9 Å². The number of para-hydroxylation sites is 1. The molecule has 2 aromatic heterocycles. The minimum atomic E-state index is 0.985. The smallest absolute Gasteiger partial charge is 0.103 e. The van der Waals surface area contributed by atoms with Crippen LogP contribution in [-0.2, 0) is 7.05 Å². The topological polar surface area (TPSA) is 35.6 Å². The van der Waals surface area contributed by atoms with E-state index in [1.54, 1.807) is 10.9 Å². The molecular weight excluding hydrogens is 188 g/mol.